The summed E-state index contributed by atoms with van der Waals surface area (Å²) >= 11 is 0. The van der Waals surface area contributed by atoms with E-state index < -0.39 is 0 Å². The van der Waals surface area contributed by atoms with E-state index in [1.807, 2.05) is 0 Å². The minimum Gasteiger partial charge on any atom is -0.326 e. The van der Waals surface area contributed by atoms with Crippen LogP contribution in [0.1, 0.15) is 6.42 Å². The maximum Gasteiger partial charge on any atom is 0.168 e. The van der Waals surface area contributed by atoms with Gasteiger partial charge in [0.25, 0.3) is 0 Å². The number of ether oxygens (including phenoxy) is 4. The highest BCUT2D eigenvalue weighted by molar-refractivity contribution is 4.56. The second kappa shape index (κ2) is 2.22. The standard InChI is InChI=1S/C5H8O4/c1(4-6-2-7-4)5-8-3-9-5/h4-5H,1-3H2. The number of hydrogen-bond acceptors (Lipinski definition) is 4. The second-order valence-corrected chi connectivity index (χ2v) is 2.00. The summed E-state index contributed by atoms with van der Waals surface area (Å²) in [6.07, 6.45) is 0.519. The van der Waals surface area contributed by atoms with Gasteiger partial charge in [0, 0.05) is 0 Å². The van der Waals surface area contributed by atoms with Crippen molar-refractivity contribution in [1.29, 1.82) is 0 Å². The highest BCUT2D eigenvalue weighted by Crippen LogP contribution is 2.19. The normalized spacial score (nSPS) is 29.3. The molecular weight excluding hydrogens is 124 g/mol. The minimum atomic E-state index is -0.0877. The van der Waals surface area contributed by atoms with Crippen LogP contribution in [0.5, 0.6) is 0 Å². The van der Waals surface area contributed by atoms with Gasteiger partial charge in [-0.2, -0.15) is 0 Å². The first kappa shape index (κ1) is 5.61. The highest BCUT2D eigenvalue weighted by Gasteiger charge is 2.28. The molecule has 0 radical (unpaired) electrons. The van der Waals surface area contributed by atoms with Crippen molar-refractivity contribution >= 4 is 0 Å². The molecule has 0 atom stereocenters. The van der Waals surface area contributed by atoms with Crippen molar-refractivity contribution in [2.75, 3.05) is 13.6 Å². The zero-order chi connectivity index (χ0) is 6.10. The van der Waals surface area contributed by atoms with E-state index in [4.69, 9.17) is 18.9 Å². The first-order valence-corrected chi connectivity index (χ1v) is 2.91. The molecule has 0 bridgehead atoms. The van der Waals surface area contributed by atoms with Gasteiger partial charge < -0.3 is 18.9 Å². The maximum atomic E-state index is 4.95. The summed E-state index contributed by atoms with van der Waals surface area (Å²) in [6.45, 7) is 0.828. The Labute approximate surface area is 52.6 Å². The van der Waals surface area contributed by atoms with Crippen LogP contribution in [-0.2, 0) is 18.9 Å². The van der Waals surface area contributed by atoms with Crippen LogP contribution < -0.4 is 0 Å². The van der Waals surface area contributed by atoms with Gasteiger partial charge in [0.1, 0.15) is 0 Å². The van der Waals surface area contributed by atoms with Gasteiger partial charge >= 0.3 is 0 Å². The smallest absolute Gasteiger partial charge is 0.168 e. The van der Waals surface area contributed by atoms with Crippen LogP contribution in [0.2, 0.25) is 0 Å². The van der Waals surface area contributed by atoms with Gasteiger partial charge in [-0.1, -0.05) is 0 Å². The van der Waals surface area contributed by atoms with Crippen molar-refractivity contribution in [2.24, 2.45) is 0 Å². The van der Waals surface area contributed by atoms with Crippen LogP contribution in [0.15, 0.2) is 0 Å². The molecule has 0 aromatic heterocycles. The van der Waals surface area contributed by atoms with Crippen LogP contribution in [0.3, 0.4) is 0 Å². The molecule has 2 heterocycles. The van der Waals surface area contributed by atoms with Crippen molar-refractivity contribution in [1.82, 2.24) is 0 Å². The third kappa shape index (κ3) is 1.07. The summed E-state index contributed by atoms with van der Waals surface area (Å²) in [4.78, 5) is 0. The fourth-order valence-corrected chi connectivity index (χ4v) is 0.758. The molecule has 2 saturated heterocycles. The predicted octanol–water partition coefficient (Wildman–Crippen LogP) is 0.0373. The van der Waals surface area contributed by atoms with Crippen molar-refractivity contribution in [2.45, 2.75) is 19.0 Å². The Hall–Kier alpha value is -0.160. The minimum absolute atomic E-state index is 0.0877. The Kier molecular flexibility index (Phi) is 1.39. The van der Waals surface area contributed by atoms with Crippen molar-refractivity contribution in [3.8, 4) is 0 Å². The number of rotatable bonds is 2. The summed E-state index contributed by atoms with van der Waals surface area (Å²) < 4.78 is 19.8. The van der Waals surface area contributed by atoms with E-state index in [0.717, 1.165) is 0 Å². The molecule has 4 heteroatoms. The van der Waals surface area contributed by atoms with Gasteiger partial charge in [-0.25, -0.2) is 0 Å². The lowest BCUT2D eigenvalue weighted by Crippen LogP contribution is -2.40. The average Bonchev–Trinajstić information content (AvgIpc) is 1.57. The molecule has 0 aromatic rings. The van der Waals surface area contributed by atoms with Gasteiger partial charge in [-0.15, -0.1) is 0 Å². The van der Waals surface area contributed by atoms with E-state index in [-0.39, 0.29) is 12.6 Å². The van der Waals surface area contributed by atoms with Crippen LogP contribution in [0, 0.1) is 0 Å². The third-order valence-corrected chi connectivity index (χ3v) is 1.40. The first-order chi connectivity index (χ1) is 4.45. The summed E-state index contributed by atoms with van der Waals surface area (Å²) in [6, 6.07) is 0. The molecule has 9 heavy (non-hydrogen) atoms. The van der Waals surface area contributed by atoms with E-state index in [1.165, 1.54) is 0 Å². The highest BCUT2D eigenvalue weighted by atomic mass is 16.9. The lowest BCUT2D eigenvalue weighted by atomic mass is 10.4. The summed E-state index contributed by atoms with van der Waals surface area (Å²) in [5.41, 5.74) is 0. The first-order valence-electron chi connectivity index (χ1n) is 2.91. The van der Waals surface area contributed by atoms with E-state index >= 15 is 0 Å². The molecule has 0 saturated carbocycles. The zero-order valence-electron chi connectivity index (χ0n) is 4.91. The van der Waals surface area contributed by atoms with E-state index in [1.54, 1.807) is 0 Å². The SMILES string of the molecule is C1OC(CC2OCO2)O1. The Morgan fingerprint density at radius 2 is 1.33 bits per heavy atom. The Morgan fingerprint density at radius 1 is 0.889 bits per heavy atom. The summed E-state index contributed by atoms with van der Waals surface area (Å²) in [5.74, 6) is 0. The molecule has 0 amide bonds. The van der Waals surface area contributed by atoms with Crippen molar-refractivity contribution in [3.05, 3.63) is 0 Å². The topological polar surface area (TPSA) is 36.9 Å². The van der Waals surface area contributed by atoms with Gasteiger partial charge in [-0.05, 0) is 0 Å². The van der Waals surface area contributed by atoms with E-state index in [0.29, 0.717) is 20.0 Å². The molecule has 0 aromatic carbocycles. The van der Waals surface area contributed by atoms with Crippen LogP contribution in [0.4, 0.5) is 0 Å². The van der Waals surface area contributed by atoms with Gasteiger partial charge in [0.2, 0.25) is 0 Å². The van der Waals surface area contributed by atoms with Crippen LogP contribution in [-0.4, -0.2) is 26.2 Å². The van der Waals surface area contributed by atoms with Gasteiger partial charge in [0.05, 0.1) is 6.42 Å². The van der Waals surface area contributed by atoms with E-state index in [9.17, 15) is 0 Å². The third-order valence-electron chi connectivity index (χ3n) is 1.40. The van der Waals surface area contributed by atoms with Crippen molar-refractivity contribution < 1.29 is 18.9 Å². The quantitative estimate of drug-likeness (QED) is 0.531. The molecular formula is C5H8O4. The molecule has 4 nitrogen and oxygen atoms in total. The van der Waals surface area contributed by atoms with Crippen LogP contribution in [0.25, 0.3) is 0 Å². The molecule has 2 rings (SSSR count). The Morgan fingerprint density at radius 3 is 1.56 bits per heavy atom. The van der Waals surface area contributed by atoms with Gasteiger partial charge in [0.15, 0.2) is 26.2 Å². The van der Waals surface area contributed by atoms with E-state index in [2.05, 4.69) is 0 Å². The number of hydrogen-bond donors (Lipinski definition) is 0. The average molecular weight is 132 g/mol. The largest absolute Gasteiger partial charge is 0.326 e. The molecule has 2 aliphatic heterocycles. The molecule has 2 aliphatic rings. The van der Waals surface area contributed by atoms with Crippen molar-refractivity contribution in [3.63, 3.8) is 0 Å². The molecule has 0 unspecified atom stereocenters. The summed E-state index contributed by atoms with van der Waals surface area (Å²) in [5, 5.41) is 0. The lowest BCUT2D eigenvalue weighted by Gasteiger charge is -2.33. The van der Waals surface area contributed by atoms with Crippen LogP contribution >= 0.6 is 0 Å². The fraction of sp³-hybridized carbons (Fsp3) is 1.00. The molecule has 0 spiro atoms. The molecule has 2 fully saturated rings. The molecule has 0 aliphatic carbocycles. The molecule has 52 valence electrons. The fourth-order valence-electron chi connectivity index (χ4n) is 0.758. The predicted molar refractivity (Wildman–Crippen MR) is 26.3 cm³/mol. The lowest BCUT2D eigenvalue weighted by molar-refractivity contribution is -0.379. The Balaban J connectivity index is 1.64. The molecule has 0 N–H and O–H groups in total. The second-order valence-electron chi connectivity index (χ2n) is 2.00. The zero-order valence-corrected chi connectivity index (χ0v) is 4.91. The summed E-state index contributed by atoms with van der Waals surface area (Å²) in [7, 11) is 0. The maximum absolute atomic E-state index is 4.95. The monoisotopic (exact) mass is 132 g/mol. The van der Waals surface area contributed by atoms with Gasteiger partial charge in [-0.3, -0.25) is 0 Å². The Bertz CT molecular complexity index is 85.1.